The smallest absolute Gasteiger partial charge is 0.0784 e. The maximum absolute atomic E-state index is 10.9. The third kappa shape index (κ3) is 5.55. The fraction of sp³-hybridized carbons (Fsp3) is 0.462. The van der Waals surface area contributed by atoms with E-state index in [-0.39, 0.29) is 24.2 Å². The van der Waals surface area contributed by atoms with Gasteiger partial charge in [-0.15, -0.1) is 0 Å². The number of methoxy groups -OCH3 is 1. The van der Waals surface area contributed by atoms with Gasteiger partial charge in [0.2, 0.25) is 0 Å². The molecule has 0 amide bonds. The second-order valence-electron chi connectivity index (χ2n) is 8.36. The standard InChI is InChI=1S/C26H33NO4/c1-29-15-5-8-23-25(18-24(28)26(23)27-13-16-30-17-14-27)31-19-20-9-11-22(12-10-20)21-6-3-2-4-7-21/h2-7,9-12,15,23-26,28H,8,13-14,16-19H2,1H3/t23-,24+,25-,26+/m0/s1. The molecule has 31 heavy (non-hydrogen) atoms. The lowest BCUT2D eigenvalue weighted by atomic mass is 9.95. The number of rotatable bonds is 8. The van der Waals surface area contributed by atoms with E-state index >= 15 is 0 Å². The van der Waals surface area contributed by atoms with Crippen LogP contribution in [-0.4, -0.2) is 61.7 Å². The Hall–Kier alpha value is -2.18. The molecular formula is C26H33NO4. The molecule has 5 heteroatoms. The lowest BCUT2D eigenvalue weighted by Gasteiger charge is -2.37. The highest BCUT2D eigenvalue weighted by Gasteiger charge is 2.45. The van der Waals surface area contributed by atoms with Gasteiger partial charge < -0.3 is 19.3 Å². The Kier molecular flexibility index (Phi) is 7.76. The van der Waals surface area contributed by atoms with Gasteiger partial charge in [-0.05, 0) is 29.2 Å². The van der Waals surface area contributed by atoms with Crippen LogP contribution in [0.1, 0.15) is 18.4 Å². The van der Waals surface area contributed by atoms with E-state index < -0.39 is 0 Å². The van der Waals surface area contributed by atoms with E-state index in [1.807, 2.05) is 12.1 Å². The predicted molar refractivity (Wildman–Crippen MR) is 122 cm³/mol. The first-order valence-corrected chi connectivity index (χ1v) is 11.2. The topological polar surface area (TPSA) is 51.2 Å². The van der Waals surface area contributed by atoms with Crippen LogP contribution in [0.25, 0.3) is 11.1 Å². The van der Waals surface area contributed by atoms with E-state index in [1.165, 1.54) is 11.1 Å². The largest absolute Gasteiger partial charge is 0.505 e. The maximum atomic E-state index is 10.9. The highest BCUT2D eigenvalue weighted by molar-refractivity contribution is 5.63. The number of hydrogen-bond acceptors (Lipinski definition) is 5. The van der Waals surface area contributed by atoms with Gasteiger partial charge in [0, 0.05) is 31.5 Å². The normalized spacial score (nSPS) is 27.0. The Labute approximate surface area is 185 Å². The molecule has 1 aliphatic carbocycles. The van der Waals surface area contributed by atoms with Crippen molar-refractivity contribution in [2.45, 2.75) is 37.7 Å². The van der Waals surface area contributed by atoms with Gasteiger partial charge in [0.25, 0.3) is 0 Å². The highest BCUT2D eigenvalue weighted by Crippen LogP contribution is 2.36. The summed E-state index contributed by atoms with van der Waals surface area (Å²) in [7, 11) is 1.66. The zero-order valence-corrected chi connectivity index (χ0v) is 18.2. The van der Waals surface area contributed by atoms with E-state index in [0.717, 1.165) is 38.3 Å². The molecule has 5 nitrogen and oxygen atoms in total. The van der Waals surface area contributed by atoms with Crippen LogP contribution < -0.4 is 0 Å². The molecule has 1 saturated carbocycles. The number of nitrogens with zero attached hydrogens (tertiary/aromatic N) is 1. The van der Waals surface area contributed by atoms with Crippen LogP contribution >= 0.6 is 0 Å². The monoisotopic (exact) mass is 423 g/mol. The number of benzene rings is 2. The summed E-state index contributed by atoms with van der Waals surface area (Å²) in [6.45, 7) is 3.72. The molecule has 2 fully saturated rings. The Morgan fingerprint density at radius 1 is 1.03 bits per heavy atom. The van der Waals surface area contributed by atoms with Crippen LogP contribution in [0, 0.1) is 5.92 Å². The average Bonchev–Trinajstić information content (AvgIpc) is 3.14. The van der Waals surface area contributed by atoms with E-state index in [9.17, 15) is 5.11 Å². The molecule has 2 aliphatic rings. The molecule has 0 spiro atoms. The van der Waals surface area contributed by atoms with Gasteiger partial charge in [0.05, 0.1) is 45.4 Å². The summed E-state index contributed by atoms with van der Waals surface area (Å²) in [5.74, 6) is 0.225. The van der Waals surface area contributed by atoms with Crippen LogP contribution in [0.15, 0.2) is 66.9 Å². The third-order valence-corrected chi connectivity index (χ3v) is 6.42. The molecule has 166 valence electrons. The van der Waals surface area contributed by atoms with E-state index in [0.29, 0.717) is 13.0 Å². The summed E-state index contributed by atoms with van der Waals surface area (Å²) in [6, 6.07) is 19.0. The lowest BCUT2D eigenvalue weighted by Crippen LogP contribution is -2.50. The summed E-state index contributed by atoms with van der Waals surface area (Å²) in [5.41, 5.74) is 3.57. The molecule has 2 aromatic rings. The van der Waals surface area contributed by atoms with Crippen molar-refractivity contribution in [1.29, 1.82) is 0 Å². The van der Waals surface area contributed by atoms with Crippen molar-refractivity contribution in [2.75, 3.05) is 33.4 Å². The molecule has 0 aromatic heterocycles. The minimum absolute atomic E-state index is 0.0122. The Balaban J connectivity index is 1.41. The number of aliphatic hydroxyl groups is 1. The van der Waals surface area contributed by atoms with E-state index in [2.05, 4.69) is 53.4 Å². The van der Waals surface area contributed by atoms with Gasteiger partial charge in [0.15, 0.2) is 0 Å². The fourth-order valence-corrected chi connectivity index (χ4v) is 4.87. The van der Waals surface area contributed by atoms with E-state index in [4.69, 9.17) is 14.2 Å². The molecule has 1 saturated heterocycles. The summed E-state index contributed by atoms with van der Waals surface area (Å²) in [4.78, 5) is 2.37. The molecule has 4 rings (SSSR count). The van der Waals surface area contributed by atoms with Crippen LogP contribution in [0.2, 0.25) is 0 Å². The second kappa shape index (κ2) is 10.9. The summed E-state index contributed by atoms with van der Waals surface area (Å²) >= 11 is 0. The van der Waals surface area contributed by atoms with Crippen LogP contribution in [-0.2, 0) is 20.8 Å². The van der Waals surface area contributed by atoms with Gasteiger partial charge in [-0.3, -0.25) is 4.90 Å². The zero-order valence-electron chi connectivity index (χ0n) is 18.2. The van der Waals surface area contributed by atoms with Crippen molar-refractivity contribution >= 4 is 0 Å². The van der Waals surface area contributed by atoms with Gasteiger partial charge in [-0.2, -0.15) is 0 Å². The maximum Gasteiger partial charge on any atom is 0.0784 e. The quantitative estimate of drug-likeness (QED) is 0.653. The number of morpholine rings is 1. The first-order chi connectivity index (χ1) is 15.3. The van der Waals surface area contributed by atoms with Crippen molar-refractivity contribution in [3.8, 4) is 11.1 Å². The molecular weight excluding hydrogens is 390 g/mol. The minimum Gasteiger partial charge on any atom is -0.505 e. The summed E-state index contributed by atoms with van der Waals surface area (Å²) < 4.78 is 17.0. The minimum atomic E-state index is -0.385. The van der Waals surface area contributed by atoms with Crippen molar-refractivity contribution in [2.24, 2.45) is 5.92 Å². The third-order valence-electron chi connectivity index (χ3n) is 6.42. The van der Waals surface area contributed by atoms with E-state index in [1.54, 1.807) is 13.4 Å². The zero-order chi connectivity index (χ0) is 21.5. The van der Waals surface area contributed by atoms with Crippen LogP contribution in [0.4, 0.5) is 0 Å². The van der Waals surface area contributed by atoms with Gasteiger partial charge in [0.1, 0.15) is 0 Å². The second-order valence-corrected chi connectivity index (χ2v) is 8.36. The lowest BCUT2D eigenvalue weighted by molar-refractivity contribution is -0.0332. The Morgan fingerprint density at radius 2 is 1.74 bits per heavy atom. The van der Waals surface area contributed by atoms with Crippen molar-refractivity contribution in [3.63, 3.8) is 0 Å². The summed E-state index contributed by atoms with van der Waals surface area (Å²) in [6.07, 6.45) is 4.88. The molecule has 2 aromatic carbocycles. The Morgan fingerprint density at radius 3 is 2.45 bits per heavy atom. The highest BCUT2D eigenvalue weighted by atomic mass is 16.5. The summed E-state index contributed by atoms with van der Waals surface area (Å²) in [5, 5.41) is 10.9. The van der Waals surface area contributed by atoms with Crippen molar-refractivity contribution in [3.05, 3.63) is 72.5 Å². The first kappa shape index (κ1) is 22.0. The average molecular weight is 424 g/mol. The molecule has 4 atom stereocenters. The fourth-order valence-electron chi connectivity index (χ4n) is 4.87. The molecule has 0 unspecified atom stereocenters. The van der Waals surface area contributed by atoms with Gasteiger partial charge in [-0.1, -0.05) is 54.6 Å². The molecule has 0 bridgehead atoms. The molecule has 1 heterocycles. The van der Waals surface area contributed by atoms with Gasteiger partial charge >= 0.3 is 0 Å². The predicted octanol–water partition coefficient (Wildman–Crippen LogP) is 3.87. The van der Waals surface area contributed by atoms with Crippen LogP contribution in [0.3, 0.4) is 0 Å². The Bertz CT molecular complexity index is 817. The molecule has 0 radical (unpaired) electrons. The SMILES string of the molecule is COC=CC[C@@H]1[C@@H](N2CCOCC2)[C@H](O)C[C@@H]1OCc1ccc(-c2ccccc2)cc1. The first-order valence-electron chi connectivity index (χ1n) is 11.2. The number of ether oxygens (including phenoxy) is 3. The van der Waals surface area contributed by atoms with Crippen molar-refractivity contribution in [1.82, 2.24) is 4.90 Å². The number of aliphatic hydroxyl groups excluding tert-OH is 1. The van der Waals surface area contributed by atoms with Crippen LogP contribution in [0.5, 0.6) is 0 Å². The molecule has 1 aliphatic heterocycles. The van der Waals surface area contributed by atoms with Gasteiger partial charge in [-0.25, -0.2) is 0 Å². The number of allylic oxidation sites excluding steroid dienone is 1. The van der Waals surface area contributed by atoms with Crippen molar-refractivity contribution < 1.29 is 19.3 Å². The molecule has 1 N–H and O–H groups in total. The number of hydrogen-bond donors (Lipinski definition) is 1.